The number of carbonyl (C=O) groups is 1. The first-order chi connectivity index (χ1) is 14.9. The van der Waals surface area contributed by atoms with Crippen LogP contribution in [0.4, 0.5) is 5.69 Å². The Hall–Kier alpha value is -2.26. The highest BCUT2D eigenvalue weighted by Crippen LogP contribution is 2.29. The van der Waals surface area contributed by atoms with Crippen LogP contribution in [0.15, 0.2) is 47.4 Å². The fourth-order valence-electron chi connectivity index (χ4n) is 4.21. The lowest BCUT2D eigenvalue weighted by molar-refractivity contribution is -0.116. The third-order valence-electron chi connectivity index (χ3n) is 5.93. The molecule has 0 unspecified atom stereocenters. The van der Waals surface area contributed by atoms with Crippen LogP contribution in [0, 0.1) is 0 Å². The lowest BCUT2D eigenvalue weighted by atomic mass is 10.0. The number of sulfonamides is 1. The van der Waals surface area contributed by atoms with Gasteiger partial charge in [-0.3, -0.25) is 9.69 Å². The number of nitrogens with one attached hydrogen (secondary N) is 1. The molecule has 0 radical (unpaired) electrons. The van der Waals surface area contributed by atoms with Crippen molar-refractivity contribution in [1.82, 2.24) is 9.62 Å². The van der Waals surface area contributed by atoms with E-state index in [1.165, 1.54) is 6.92 Å². The van der Waals surface area contributed by atoms with E-state index in [1.807, 2.05) is 24.3 Å². The SMILES string of the molecule is CC(=O)N1CCCc2cc(S(=O)(=O)NCc3ccccc3CN3CCOCC3)ccc21. The van der Waals surface area contributed by atoms with Crippen molar-refractivity contribution in [2.45, 2.75) is 37.8 Å². The Morgan fingerprint density at radius 2 is 1.81 bits per heavy atom. The van der Waals surface area contributed by atoms with Crippen LogP contribution in [0.25, 0.3) is 0 Å². The molecule has 0 spiro atoms. The summed E-state index contributed by atoms with van der Waals surface area (Å²) in [6, 6.07) is 13.0. The normalized spacial score (nSPS) is 17.4. The average Bonchev–Trinajstić information content (AvgIpc) is 2.78. The molecule has 2 heterocycles. The lowest BCUT2D eigenvalue weighted by Crippen LogP contribution is -2.36. The Morgan fingerprint density at radius 1 is 1.06 bits per heavy atom. The first-order valence-corrected chi connectivity index (χ1v) is 12.2. The van der Waals surface area contributed by atoms with Gasteiger partial charge in [0, 0.05) is 45.3 Å². The third kappa shape index (κ3) is 5.15. The maximum Gasteiger partial charge on any atom is 0.240 e. The number of ether oxygens (including phenoxy) is 1. The molecule has 31 heavy (non-hydrogen) atoms. The Bertz CT molecular complexity index is 1050. The summed E-state index contributed by atoms with van der Waals surface area (Å²) in [6.07, 6.45) is 1.60. The predicted octanol–water partition coefficient (Wildman–Crippen LogP) is 2.30. The van der Waals surface area contributed by atoms with E-state index in [-0.39, 0.29) is 17.3 Å². The molecule has 4 rings (SSSR count). The van der Waals surface area contributed by atoms with Crippen molar-refractivity contribution in [2.75, 3.05) is 37.7 Å². The molecule has 7 nitrogen and oxygen atoms in total. The molecule has 0 atom stereocenters. The van der Waals surface area contributed by atoms with E-state index >= 15 is 0 Å². The first kappa shape index (κ1) is 22.0. The minimum Gasteiger partial charge on any atom is -0.379 e. The highest BCUT2D eigenvalue weighted by molar-refractivity contribution is 7.89. The summed E-state index contributed by atoms with van der Waals surface area (Å²) in [7, 11) is -3.67. The van der Waals surface area contributed by atoms with Crippen LogP contribution in [-0.2, 0) is 39.1 Å². The van der Waals surface area contributed by atoms with E-state index in [2.05, 4.69) is 9.62 Å². The van der Waals surface area contributed by atoms with Gasteiger partial charge >= 0.3 is 0 Å². The Labute approximate surface area is 184 Å². The number of nitrogens with zero attached hydrogens (tertiary/aromatic N) is 2. The van der Waals surface area contributed by atoms with Crippen molar-refractivity contribution in [2.24, 2.45) is 0 Å². The molecule has 8 heteroatoms. The summed E-state index contributed by atoms with van der Waals surface area (Å²) in [5.41, 5.74) is 3.80. The second kappa shape index (κ2) is 9.48. The number of hydrogen-bond acceptors (Lipinski definition) is 5. The Morgan fingerprint density at radius 3 is 2.55 bits per heavy atom. The van der Waals surface area contributed by atoms with Crippen LogP contribution in [0.5, 0.6) is 0 Å². The fourth-order valence-corrected chi connectivity index (χ4v) is 5.27. The van der Waals surface area contributed by atoms with Gasteiger partial charge in [0.2, 0.25) is 15.9 Å². The van der Waals surface area contributed by atoms with Gasteiger partial charge < -0.3 is 9.64 Å². The van der Waals surface area contributed by atoms with Gasteiger partial charge in [-0.05, 0) is 47.7 Å². The zero-order valence-electron chi connectivity index (χ0n) is 17.8. The summed E-state index contributed by atoms with van der Waals surface area (Å²) in [6.45, 7) is 6.45. The quantitative estimate of drug-likeness (QED) is 0.741. The van der Waals surface area contributed by atoms with E-state index in [1.54, 1.807) is 23.1 Å². The smallest absolute Gasteiger partial charge is 0.240 e. The predicted molar refractivity (Wildman–Crippen MR) is 119 cm³/mol. The standard InChI is InChI=1S/C23H29N3O4S/c1-18(27)26-10-4-7-19-15-22(8-9-23(19)26)31(28,29)24-16-20-5-2-3-6-21(20)17-25-11-13-30-14-12-25/h2-3,5-6,8-9,15,24H,4,7,10-14,16-17H2,1H3. The summed E-state index contributed by atoms with van der Waals surface area (Å²) in [4.78, 5) is 16.1. The molecule has 0 bridgehead atoms. The van der Waals surface area contributed by atoms with Crippen LogP contribution < -0.4 is 9.62 Å². The number of aryl methyl sites for hydroxylation is 1. The molecular weight excluding hydrogens is 414 g/mol. The second-order valence-electron chi connectivity index (χ2n) is 8.05. The maximum atomic E-state index is 13.0. The number of amides is 1. The van der Waals surface area contributed by atoms with Gasteiger partial charge in [-0.1, -0.05) is 24.3 Å². The van der Waals surface area contributed by atoms with E-state index in [0.29, 0.717) is 6.54 Å². The van der Waals surface area contributed by atoms with Crippen molar-refractivity contribution >= 4 is 21.6 Å². The van der Waals surface area contributed by atoms with Crippen LogP contribution >= 0.6 is 0 Å². The summed E-state index contributed by atoms with van der Waals surface area (Å²) >= 11 is 0. The highest BCUT2D eigenvalue weighted by atomic mass is 32.2. The lowest BCUT2D eigenvalue weighted by Gasteiger charge is -2.29. The van der Waals surface area contributed by atoms with Crippen LogP contribution in [0.3, 0.4) is 0 Å². The molecule has 2 aliphatic rings. The molecule has 1 amide bonds. The minimum absolute atomic E-state index is 0.0217. The topological polar surface area (TPSA) is 79.0 Å². The van der Waals surface area contributed by atoms with Gasteiger partial charge in [0.15, 0.2) is 0 Å². The van der Waals surface area contributed by atoms with Crippen molar-refractivity contribution < 1.29 is 17.9 Å². The van der Waals surface area contributed by atoms with Crippen LogP contribution in [0.1, 0.15) is 30.0 Å². The minimum atomic E-state index is -3.67. The third-order valence-corrected chi connectivity index (χ3v) is 7.33. The van der Waals surface area contributed by atoms with E-state index in [9.17, 15) is 13.2 Å². The van der Waals surface area contributed by atoms with Gasteiger partial charge in [0.1, 0.15) is 0 Å². The molecule has 1 saturated heterocycles. The van der Waals surface area contributed by atoms with Crippen molar-refractivity contribution in [3.63, 3.8) is 0 Å². The monoisotopic (exact) mass is 443 g/mol. The number of carbonyl (C=O) groups excluding carboxylic acids is 1. The molecule has 0 saturated carbocycles. The number of anilines is 1. The molecule has 1 fully saturated rings. The summed E-state index contributed by atoms with van der Waals surface area (Å²) in [5.74, 6) is -0.0217. The van der Waals surface area contributed by atoms with E-state index in [0.717, 1.165) is 68.1 Å². The Kier molecular flexibility index (Phi) is 6.71. The van der Waals surface area contributed by atoms with Gasteiger partial charge in [-0.15, -0.1) is 0 Å². The first-order valence-electron chi connectivity index (χ1n) is 10.7. The second-order valence-corrected chi connectivity index (χ2v) is 9.81. The summed E-state index contributed by atoms with van der Waals surface area (Å²) in [5, 5.41) is 0. The van der Waals surface area contributed by atoms with Gasteiger partial charge in [0.05, 0.1) is 18.1 Å². The zero-order valence-corrected chi connectivity index (χ0v) is 18.7. The van der Waals surface area contributed by atoms with E-state index in [4.69, 9.17) is 4.74 Å². The van der Waals surface area contributed by atoms with E-state index < -0.39 is 10.0 Å². The number of hydrogen-bond donors (Lipinski definition) is 1. The molecule has 2 aliphatic heterocycles. The van der Waals surface area contributed by atoms with Gasteiger partial charge in [-0.2, -0.15) is 0 Å². The largest absolute Gasteiger partial charge is 0.379 e. The van der Waals surface area contributed by atoms with Gasteiger partial charge in [0.25, 0.3) is 0 Å². The van der Waals surface area contributed by atoms with Crippen molar-refractivity contribution in [3.05, 3.63) is 59.2 Å². The maximum absolute atomic E-state index is 13.0. The average molecular weight is 444 g/mol. The summed E-state index contributed by atoms with van der Waals surface area (Å²) < 4.78 is 34.2. The number of morpholine rings is 1. The molecule has 2 aromatic carbocycles. The molecular formula is C23H29N3O4S. The number of rotatable bonds is 6. The van der Waals surface area contributed by atoms with Crippen molar-refractivity contribution in [3.8, 4) is 0 Å². The van der Waals surface area contributed by atoms with Crippen LogP contribution in [-0.4, -0.2) is 52.1 Å². The molecule has 1 N–H and O–H groups in total. The molecule has 0 aliphatic carbocycles. The zero-order chi connectivity index (χ0) is 21.8. The molecule has 2 aromatic rings. The van der Waals surface area contributed by atoms with Crippen molar-refractivity contribution in [1.29, 1.82) is 0 Å². The molecule has 166 valence electrons. The molecule has 0 aromatic heterocycles. The Balaban J connectivity index is 1.48. The fraction of sp³-hybridized carbons (Fsp3) is 0.435. The number of fused-ring (bicyclic) bond motifs is 1. The number of benzene rings is 2. The van der Waals surface area contributed by atoms with Crippen LogP contribution in [0.2, 0.25) is 0 Å². The highest BCUT2D eigenvalue weighted by Gasteiger charge is 2.23. The van der Waals surface area contributed by atoms with Gasteiger partial charge in [-0.25, -0.2) is 13.1 Å².